The number of benzene rings is 2. The number of nitrogens with one attached hydrogen (secondary N) is 1. The van der Waals surface area contributed by atoms with E-state index < -0.39 is 0 Å². The standard InChI is InChI=1S/C20H17ClN2O2/c21-19-10-2-1-9-18(19)20(24)23-13-15-6-5-8-17(12-15)25-14-16-7-3-4-11-22-16/h1-12H,13-14H2,(H,23,24). The summed E-state index contributed by atoms with van der Waals surface area (Å²) in [6.07, 6.45) is 1.74. The van der Waals surface area contributed by atoms with Crippen molar-refractivity contribution in [3.63, 3.8) is 0 Å². The van der Waals surface area contributed by atoms with Crippen LogP contribution in [0.15, 0.2) is 72.9 Å². The van der Waals surface area contributed by atoms with E-state index in [4.69, 9.17) is 16.3 Å². The smallest absolute Gasteiger partial charge is 0.253 e. The van der Waals surface area contributed by atoms with Crippen molar-refractivity contribution in [1.29, 1.82) is 0 Å². The van der Waals surface area contributed by atoms with Gasteiger partial charge in [-0.3, -0.25) is 9.78 Å². The van der Waals surface area contributed by atoms with E-state index in [0.29, 0.717) is 23.7 Å². The average Bonchev–Trinajstić information content (AvgIpc) is 2.66. The first-order valence-corrected chi connectivity index (χ1v) is 8.24. The van der Waals surface area contributed by atoms with Crippen molar-refractivity contribution >= 4 is 17.5 Å². The van der Waals surface area contributed by atoms with Gasteiger partial charge in [-0.2, -0.15) is 0 Å². The van der Waals surface area contributed by atoms with Crippen molar-refractivity contribution in [3.8, 4) is 5.75 Å². The molecular weight excluding hydrogens is 336 g/mol. The minimum Gasteiger partial charge on any atom is -0.487 e. The Labute approximate surface area is 151 Å². The van der Waals surface area contributed by atoms with Gasteiger partial charge < -0.3 is 10.1 Å². The summed E-state index contributed by atoms with van der Waals surface area (Å²) in [5.74, 6) is 0.528. The number of amides is 1. The number of ether oxygens (including phenoxy) is 1. The second-order valence-electron chi connectivity index (χ2n) is 5.42. The van der Waals surface area contributed by atoms with Crippen LogP contribution in [0.5, 0.6) is 5.75 Å². The maximum Gasteiger partial charge on any atom is 0.253 e. The van der Waals surface area contributed by atoms with Gasteiger partial charge in [0.25, 0.3) is 5.91 Å². The highest BCUT2D eigenvalue weighted by Gasteiger charge is 2.09. The summed E-state index contributed by atoms with van der Waals surface area (Å²) in [4.78, 5) is 16.4. The number of pyridine rings is 1. The lowest BCUT2D eigenvalue weighted by molar-refractivity contribution is 0.0951. The summed E-state index contributed by atoms with van der Waals surface area (Å²) in [6, 6.07) is 20.3. The molecule has 25 heavy (non-hydrogen) atoms. The summed E-state index contributed by atoms with van der Waals surface area (Å²) in [7, 11) is 0. The normalized spacial score (nSPS) is 10.3. The molecule has 0 saturated carbocycles. The number of hydrogen-bond acceptors (Lipinski definition) is 3. The largest absolute Gasteiger partial charge is 0.487 e. The van der Waals surface area contributed by atoms with Gasteiger partial charge in [0.05, 0.1) is 16.3 Å². The molecule has 0 unspecified atom stereocenters. The second-order valence-corrected chi connectivity index (χ2v) is 5.83. The zero-order valence-electron chi connectivity index (χ0n) is 13.5. The Morgan fingerprint density at radius 2 is 1.88 bits per heavy atom. The maximum absolute atomic E-state index is 12.2. The predicted molar refractivity (Wildman–Crippen MR) is 97.6 cm³/mol. The molecule has 0 fully saturated rings. The third-order valence-electron chi connectivity index (χ3n) is 3.58. The zero-order chi connectivity index (χ0) is 17.5. The number of nitrogens with zero attached hydrogens (tertiary/aromatic N) is 1. The van der Waals surface area contributed by atoms with Crippen molar-refractivity contribution in [2.24, 2.45) is 0 Å². The predicted octanol–water partition coefficient (Wildman–Crippen LogP) is 4.24. The third kappa shape index (κ3) is 4.81. The van der Waals surface area contributed by atoms with E-state index in [0.717, 1.165) is 17.0 Å². The quantitative estimate of drug-likeness (QED) is 0.721. The first kappa shape index (κ1) is 17.0. The monoisotopic (exact) mass is 352 g/mol. The number of carbonyl (C=O) groups excluding carboxylic acids is 1. The fourth-order valence-electron chi connectivity index (χ4n) is 2.31. The zero-order valence-corrected chi connectivity index (χ0v) is 14.2. The molecule has 126 valence electrons. The van der Waals surface area contributed by atoms with Gasteiger partial charge >= 0.3 is 0 Å². The van der Waals surface area contributed by atoms with E-state index in [1.54, 1.807) is 30.5 Å². The van der Waals surface area contributed by atoms with Gasteiger partial charge in [-0.1, -0.05) is 41.9 Å². The number of aromatic nitrogens is 1. The van der Waals surface area contributed by atoms with Crippen molar-refractivity contribution in [1.82, 2.24) is 10.3 Å². The Morgan fingerprint density at radius 3 is 2.68 bits per heavy atom. The summed E-state index contributed by atoms with van der Waals surface area (Å²) >= 11 is 6.04. The average molecular weight is 353 g/mol. The molecule has 5 heteroatoms. The minimum atomic E-state index is -0.203. The lowest BCUT2D eigenvalue weighted by atomic mass is 10.2. The molecule has 1 N–H and O–H groups in total. The molecule has 3 rings (SSSR count). The molecule has 0 radical (unpaired) electrons. The Morgan fingerprint density at radius 1 is 1.04 bits per heavy atom. The molecular formula is C20H17ClN2O2. The van der Waals surface area contributed by atoms with Crippen LogP contribution in [0.4, 0.5) is 0 Å². The Hall–Kier alpha value is -2.85. The first-order chi connectivity index (χ1) is 12.2. The van der Waals surface area contributed by atoms with Crippen LogP contribution in [0.25, 0.3) is 0 Å². The minimum absolute atomic E-state index is 0.203. The van der Waals surface area contributed by atoms with E-state index in [-0.39, 0.29) is 5.91 Å². The van der Waals surface area contributed by atoms with Gasteiger partial charge in [-0.15, -0.1) is 0 Å². The number of carbonyl (C=O) groups is 1. The van der Waals surface area contributed by atoms with Gasteiger partial charge in [0.15, 0.2) is 0 Å². The van der Waals surface area contributed by atoms with Crippen LogP contribution >= 0.6 is 11.6 Å². The van der Waals surface area contributed by atoms with E-state index in [1.165, 1.54) is 0 Å². The summed E-state index contributed by atoms with van der Waals surface area (Å²) in [5, 5.41) is 3.30. The molecule has 1 amide bonds. The maximum atomic E-state index is 12.2. The Bertz CT molecular complexity index is 853. The molecule has 0 saturated heterocycles. The van der Waals surface area contributed by atoms with E-state index in [9.17, 15) is 4.79 Å². The van der Waals surface area contributed by atoms with Crippen LogP contribution in [-0.2, 0) is 13.2 Å². The lowest BCUT2D eigenvalue weighted by Crippen LogP contribution is -2.23. The fraction of sp³-hybridized carbons (Fsp3) is 0.100. The van der Waals surface area contributed by atoms with Gasteiger partial charge in [0, 0.05) is 12.7 Å². The van der Waals surface area contributed by atoms with E-state index in [2.05, 4.69) is 10.3 Å². The molecule has 3 aromatic rings. The summed E-state index contributed by atoms with van der Waals surface area (Å²) in [6.45, 7) is 0.793. The van der Waals surface area contributed by atoms with Crippen LogP contribution in [0, 0.1) is 0 Å². The Balaban J connectivity index is 1.58. The molecule has 0 aliphatic rings. The fourth-order valence-corrected chi connectivity index (χ4v) is 2.53. The van der Waals surface area contributed by atoms with Gasteiger partial charge in [0.2, 0.25) is 0 Å². The SMILES string of the molecule is O=C(NCc1cccc(OCc2ccccn2)c1)c1ccccc1Cl. The van der Waals surface area contributed by atoms with Crippen molar-refractivity contribution < 1.29 is 9.53 Å². The van der Waals surface area contributed by atoms with Gasteiger partial charge in [-0.05, 0) is 42.0 Å². The van der Waals surface area contributed by atoms with Gasteiger partial charge in [0.1, 0.15) is 12.4 Å². The highest BCUT2D eigenvalue weighted by Crippen LogP contribution is 2.17. The van der Waals surface area contributed by atoms with Gasteiger partial charge in [-0.25, -0.2) is 0 Å². The molecule has 4 nitrogen and oxygen atoms in total. The molecule has 0 atom stereocenters. The molecule has 2 aromatic carbocycles. The van der Waals surface area contributed by atoms with E-state index >= 15 is 0 Å². The summed E-state index contributed by atoms with van der Waals surface area (Å²) in [5.41, 5.74) is 2.27. The number of hydrogen-bond donors (Lipinski definition) is 1. The van der Waals surface area contributed by atoms with Crippen LogP contribution < -0.4 is 10.1 Å². The highest BCUT2D eigenvalue weighted by molar-refractivity contribution is 6.33. The van der Waals surface area contributed by atoms with Crippen LogP contribution in [0.3, 0.4) is 0 Å². The second kappa shape index (κ2) is 8.31. The van der Waals surface area contributed by atoms with Crippen molar-refractivity contribution in [2.75, 3.05) is 0 Å². The topological polar surface area (TPSA) is 51.2 Å². The van der Waals surface area contributed by atoms with Crippen molar-refractivity contribution in [3.05, 3.63) is 94.8 Å². The molecule has 0 bridgehead atoms. The third-order valence-corrected chi connectivity index (χ3v) is 3.91. The van der Waals surface area contributed by atoms with Crippen LogP contribution in [0.1, 0.15) is 21.6 Å². The summed E-state index contributed by atoms with van der Waals surface area (Å²) < 4.78 is 5.75. The molecule has 0 spiro atoms. The van der Waals surface area contributed by atoms with Crippen LogP contribution in [-0.4, -0.2) is 10.9 Å². The Kier molecular flexibility index (Phi) is 5.65. The molecule has 0 aliphatic carbocycles. The van der Waals surface area contributed by atoms with E-state index in [1.807, 2.05) is 42.5 Å². The highest BCUT2D eigenvalue weighted by atomic mass is 35.5. The van der Waals surface area contributed by atoms with Crippen LogP contribution in [0.2, 0.25) is 5.02 Å². The lowest BCUT2D eigenvalue weighted by Gasteiger charge is -2.09. The molecule has 1 aromatic heterocycles. The first-order valence-electron chi connectivity index (χ1n) is 7.87. The molecule has 0 aliphatic heterocycles. The molecule has 1 heterocycles. The number of halogens is 1. The number of rotatable bonds is 6. The van der Waals surface area contributed by atoms with Crippen molar-refractivity contribution in [2.45, 2.75) is 13.2 Å².